The van der Waals surface area contributed by atoms with Crippen LogP contribution in [0.1, 0.15) is 82.1 Å². The van der Waals surface area contributed by atoms with Crippen molar-refractivity contribution in [2.45, 2.75) is 70.6 Å². The Balaban J connectivity index is 1.38. The first-order chi connectivity index (χ1) is 22.0. The van der Waals surface area contributed by atoms with E-state index < -0.39 is 16.1 Å². The van der Waals surface area contributed by atoms with Crippen LogP contribution >= 0.6 is 0 Å². The number of anilines is 2. The van der Waals surface area contributed by atoms with Crippen molar-refractivity contribution < 1.29 is 22.7 Å². The highest BCUT2D eigenvalue weighted by Crippen LogP contribution is 2.41. The predicted molar refractivity (Wildman–Crippen MR) is 184 cm³/mol. The van der Waals surface area contributed by atoms with Gasteiger partial charge in [-0.3, -0.25) is 14.0 Å². The molecule has 0 fully saturated rings. The number of ether oxygens (including phenoxy) is 2. The molecule has 47 heavy (non-hydrogen) atoms. The molecule has 3 N–H and O–H groups in total. The Hall–Kier alpha value is -4.36. The number of amides is 2. The molecule has 0 radical (unpaired) electrons. The minimum absolute atomic E-state index is 0.221. The minimum Gasteiger partial charge on any atom is -0.492 e. The third kappa shape index (κ3) is 7.31. The number of rotatable bonds is 9. The van der Waals surface area contributed by atoms with Crippen LogP contribution in [-0.4, -0.2) is 61.4 Å². The average molecular weight is 664 g/mol. The van der Waals surface area contributed by atoms with Gasteiger partial charge in [-0.1, -0.05) is 45.0 Å². The number of benzene rings is 2. The van der Waals surface area contributed by atoms with Crippen molar-refractivity contribution in [1.29, 1.82) is 0 Å². The first kappa shape index (κ1) is 34.0. The summed E-state index contributed by atoms with van der Waals surface area (Å²) in [5.41, 5.74) is 3.46. The van der Waals surface area contributed by atoms with Crippen LogP contribution in [0.25, 0.3) is 5.65 Å². The highest BCUT2D eigenvalue weighted by molar-refractivity contribution is 7.92. The molecule has 5 rings (SSSR count). The maximum Gasteiger partial charge on any atom is 0.319 e. The second kappa shape index (κ2) is 12.7. The van der Waals surface area contributed by atoms with Crippen molar-refractivity contribution in [3.8, 4) is 11.5 Å². The number of nitrogens with zero attached hydrogens (tertiary/aromatic N) is 4. The van der Waals surface area contributed by atoms with Crippen molar-refractivity contribution in [3.05, 3.63) is 77.2 Å². The average Bonchev–Trinajstić information content (AvgIpc) is 3.41. The summed E-state index contributed by atoms with van der Waals surface area (Å²) in [5, 5.41) is 14.8. The van der Waals surface area contributed by atoms with E-state index in [0.717, 1.165) is 34.4 Å². The zero-order valence-corrected chi connectivity index (χ0v) is 29.3. The molecule has 0 aliphatic heterocycles. The SMILES string of the molecule is COc1c(NC(=O)N[C@H]2CC[C@@H](Oc3ccc4nnc(C(C)(C)N(C)C)n4c3)c3ccccc32)cc(C(C)(C)C)cc1NS(C)(=O)=O. The molecule has 4 aromatic rings. The predicted octanol–water partition coefficient (Wildman–Crippen LogP) is 5.98. The van der Waals surface area contributed by atoms with Gasteiger partial charge in [0.05, 0.1) is 42.5 Å². The van der Waals surface area contributed by atoms with E-state index in [2.05, 4.69) is 44.3 Å². The van der Waals surface area contributed by atoms with Crippen molar-refractivity contribution in [2.24, 2.45) is 0 Å². The summed E-state index contributed by atoms with van der Waals surface area (Å²) in [5.74, 6) is 1.73. The molecular weight excluding hydrogens is 618 g/mol. The number of hydrogen-bond donors (Lipinski definition) is 3. The number of aromatic nitrogens is 3. The van der Waals surface area contributed by atoms with Gasteiger partial charge < -0.3 is 20.1 Å². The van der Waals surface area contributed by atoms with Gasteiger partial charge in [0.2, 0.25) is 10.0 Å². The summed E-state index contributed by atoms with van der Waals surface area (Å²) in [6.45, 7) is 10.2. The third-order valence-electron chi connectivity index (χ3n) is 8.76. The van der Waals surface area contributed by atoms with Crippen molar-refractivity contribution in [1.82, 2.24) is 24.8 Å². The molecule has 0 bridgehead atoms. The smallest absolute Gasteiger partial charge is 0.319 e. The van der Waals surface area contributed by atoms with Gasteiger partial charge in [0.1, 0.15) is 11.9 Å². The fourth-order valence-corrected chi connectivity index (χ4v) is 6.26. The van der Waals surface area contributed by atoms with E-state index in [1.807, 2.05) is 87.9 Å². The van der Waals surface area contributed by atoms with Gasteiger partial charge in [-0.05, 0) is 87.2 Å². The van der Waals surface area contributed by atoms with E-state index in [1.165, 1.54) is 7.11 Å². The molecule has 0 unspecified atom stereocenters. The van der Waals surface area contributed by atoms with Crippen LogP contribution in [0, 0.1) is 0 Å². The zero-order valence-electron chi connectivity index (χ0n) is 28.5. The normalized spacial score (nSPS) is 16.9. The van der Waals surface area contributed by atoms with E-state index >= 15 is 0 Å². The van der Waals surface area contributed by atoms with E-state index in [1.54, 1.807) is 6.07 Å². The second-order valence-corrected chi connectivity index (χ2v) is 15.5. The molecule has 2 aromatic carbocycles. The fraction of sp³-hybridized carbons (Fsp3) is 0.441. The van der Waals surface area contributed by atoms with Crippen LogP contribution < -0.4 is 24.8 Å². The Kier molecular flexibility index (Phi) is 9.17. The quantitative estimate of drug-likeness (QED) is 0.199. The molecule has 13 heteroatoms. The minimum atomic E-state index is -3.60. The van der Waals surface area contributed by atoms with Crippen molar-refractivity contribution in [2.75, 3.05) is 37.5 Å². The van der Waals surface area contributed by atoms with E-state index in [0.29, 0.717) is 24.3 Å². The zero-order chi connectivity index (χ0) is 34.3. The van der Waals surface area contributed by atoms with E-state index in [9.17, 15) is 13.2 Å². The van der Waals surface area contributed by atoms with Crippen LogP contribution in [0.15, 0.2) is 54.7 Å². The van der Waals surface area contributed by atoms with E-state index in [-0.39, 0.29) is 34.5 Å². The summed E-state index contributed by atoms with van der Waals surface area (Å²) in [4.78, 5) is 15.6. The molecule has 1 aliphatic rings. The standard InChI is InChI=1S/C34H45N7O5S/c1-33(2,3)21-18-26(30(45-8)27(19-21)39-47(9,43)44)36-32(42)35-25-15-16-28(24-13-11-10-12-23(24)25)46-22-14-17-29-37-38-31(41(29)20-22)34(4,5)40(6)7/h10-14,17-20,25,28,39H,15-16H2,1-9H3,(H2,35,36,42)/t25-,28+/m0/s1. The molecule has 0 saturated carbocycles. The lowest BCUT2D eigenvalue weighted by molar-refractivity contribution is 0.170. The summed E-state index contributed by atoms with van der Waals surface area (Å²) >= 11 is 0. The maximum atomic E-state index is 13.5. The van der Waals surface area contributed by atoms with Crippen LogP contribution in [0.2, 0.25) is 0 Å². The first-order valence-electron chi connectivity index (χ1n) is 15.5. The monoisotopic (exact) mass is 663 g/mol. The van der Waals surface area contributed by atoms with Crippen LogP contribution in [0.5, 0.6) is 11.5 Å². The number of carbonyl (C=O) groups excluding carboxylic acids is 1. The molecule has 252 valence electrons. The van der Waals surface area contributed by atoms with Gasteiger partial charge in [0.15, 0.2) is 17.2 Å². The van der Waals surface area contributed by atoms with Gasteiger partial charge in [0, 0.05) is 0 Å². The molecule has 2 atom stereocenters. The number of sulfonamides is 1. The Labute approximate surface area is 276 Å². The van der Waals surface area contributed by atoms with Gasteiger partial charge in [-0.25, -0.2) is 13.2 Å². The van der Waals surface area contributed by atoms with Gasteiger partial charge in [-0.2, -0.15) is 0 Å². The number of pyridine rings is 1. The van der Waals surface area contributed by atoms with Gasteiger partial charge >= 0.3 is 6.03 Å². The Bertz CT molecular complexity index is 1900. The van der Waals surface area contributed by atoms with Gasteiger partial charge in [-0.15, -0.1) is 10.2 Å². The number of hydrogen-bond acceptors (Lipinski definition) is 8. The van der Waals surface area contributed by atoms with Crippen LogP contribution in [-0.2, 0) is 21.0 Å². The third-order valence-corrected chi connectivity index (χ3v) is 9.35. The van der Waals surface area contributed by atoms with E-state index in [4.69, 9.17) is 9.47 Å². The van der Waals surface area contributed by atoms with Crippen molar-refractivity contribution >= 4 is 33.1 Å². The lowest BCUT2D eigenvalue weighted by atomic mass is 9.85. The van der Waals surface area contributed by atoms with Crippen LogP contribution in [0.4, 0.5) is 16.2 Å². The highest BCUT2D eigenvalue weighted by Gasteiger charge is 2.32. The molecule has 2 heterocycles. The maximum absolute atomic E-state index is 13.5. The lowest BCUT2D eigenvalue weighted by Crippen LogP contribution is -2.37. The molecule has 0 spiro atoms. The molecular formula is C34H45N7O5S. The largest absolute Gasteiger partial charge is 0.492 e. The number of urea groups is 1. The highest BCUT2D eigenvalue weighted by atomic mass is 32.2. The topological polar surface area (TPSA) is 139 Å². The number of nitrogens with one attached hydrogen (secondary N) is 3. The number of carbonyl (C=O) groups is 1. The van der Waals surface area contributed by atoms with Crippen molar-refractivity contribution in [3.63, 3.8) is 0 Å². The molecule has 2 aromatic heterocycles. The first-order valence-corrected chi connectivity index (χ1v) is 17.4. The second-order valence-electron chi connectivity index (χ2n) is 13.8. The molecule has 1 aliphatic carbocycles. The molecule has 2 amide bonds. The Morgan fingerprint density at radius 1 is 0.979 bits per heavy atom. The molecule has 12 nitrogen and oxygen atoms in total. The van der Waals surface area contributed by atoms with Gasteiger partial charge in [0.25, 0.3) is 0 Å². The summed E-state index contributed by atoms with van der Waals surface area (Å²) < 4.78 is 40.9. The summed E-state index contributed by atoms with van der Waals surface area (Å²) in [6.07, 6.45) is 4.10. The summed E-state index contributed by atoms with van der Waals surface area (Å²) in [7, 11) is 1.86. The Morgan fingerprint density at radius 3 is 2.30 bits per heavy atom. The lowest BCUT2D eigenvalue weighted by Gasteiger charge is -2.32. The fourth-order valence-electron chi connectivity index (χ4n) is 5.71. The number of fused-ring (bicyclic) bond motifs is 2. The Morgan fingerprint density at radius 2 is 1.66 bits per heavy atom. The van der Waals surface area contributed by atoms with Crippen LogP contribution in [0.3, 0.4) is 0 Å². The molecule has 0 saturated heterocycles. The number of methoxy groups -OCH3 is 1. The summed E-state index contributed by atoms with van der Waals surface area (Å²) in [6, 6.07) is 14.6.